The molecule has 2 amide bonds. The Bertz CT molecular complexity index is 743. The van der Waals surface area contributed by atoms with E-state index in [2.05, 4.69) is 5.32 Å². The Kier molecular flexibility index (Phi) is 3.39. The number of halogens is 1. The Labute approximate surface area is 127 Å². The van der Waals surface area contributed by atoms with Gasteiger partial charge in [-0.05, 0) is 29.8 Å². The number of imide groups is 1. The summed E-state index contributed by atoms with van der Waals surface area (Å²) in [5.41, 5.74) is 2.64. The van der Waals surface area contributed by atoms with Crippen molar-refractivity contribution in [2.75, 3.05) is 12.4 Å². The second-order valence-electron chi connectivity index (χ2n) is 4.87. The van der Waals surface area contributed by atoms with Gasteiger partial charge >= 0.3 is 0 Å². The van der Waals surface area contributed by atoms with Gasteiger partial charge in [0.15, 0.2) is 0 Å². The average molecular weight is 301 g/mol. The molecule has 0 bridgehead atoms. The summed E-state index contributed by atoms with van der Waals surface area (Å²) in [7, 11) is 1.49. The lowest BCUT2D eigenvalue weighted by Crippen LogP contribution is -2.24. The Balaban J connectivity index is 1.82. The van der Waals surface area contributed by atoms with Gasteiger partial charge in [0.25, 0.3) is 11.8 Å². The maximum Gasteiger partial charge on any atom is 0.261 e. The molecule has 106 valence electrons. The number of amides is 2. The molecule has 3 rings (SSSR count). The molecule has 1 aliphatic rings. The van der Waals surface area contributed by atoms with E-state index in [1.54, 1.807) is 18.2 Å². The van der Waals surface area contributed by atoms with Gasteiger partial charge in [0.2, 0.25) is 0 Å². The molecule has 0 radical (unpaired) electrons. The number of hydrogen-bond acceptors (Lipinski definition) is 3. The minimum atomic E-state index is -0.267. The summed E-state index contributed by atoms with van der Waals surface area (Å²) in [5, 5.41) is 3.91. The van der Waals surface area contributed by atoms with Crippen LogP contribution in [0.25, 0.3) is 0 Å². The Hall–Kier alpha value is -2.33. The molecule has 0 aliphatic carbocycles. The van der Waals surface area contributed by atoms with E-state index < -0.39 is 0 Å². The van der Waals surface area contributed by atoms with E-state index in [1.807, 2.05) is 24.3 Å². The molecule has 4 nitrogen and oxygen atoms in total. The standard InChI is InChI=1S/C16H13ClN2O2/c1-19-15(20)12-7-6-11(8-13(12)16(19)21)18-9-10-4-2-3-5-14(10)17/h2-8,18H,9H2,1H3. The molecule has 1 aliphatic heterocycles. The van der Waals surface area contributed by atoms with Crippen LogP contribution in [-0.2, 0) is 6.54 Å². The summed E-state index contributed by atoms with van der Waals surface area (Å²) in [5.74, 6) is -0.524. The highest BCUT2D eigenvalue weighted by Crippen LogP contribution is 2.25. The van der Waals surface area contributed by atoms with E-state index in [1.165, 1.54) is 7.05 Å². The van der Waals surface area contributed by atoms with Gasteiger partial charge in [-0.15, -0.1) is 0 Å². The molecule has 0 atom stereocenters. The lowest BCUT2D eigenvalue weighted by atomic mass is 10.1. The molecular formula is C16H13ClN2O2. The number of benzene rings is 2. The second-order valence-corrected chi connectivity index (χ2v) is 5.28. The maximum atomic E-state index is 11.9. The van der Waals surface area contributed by atoms with E-state index >= 15 is 0 Å². The molecule has 0 saturated carbocycles. The molecule has 0 aromatic heterocycles. The van der Waals surface area contributed by atoms with Crippen molar-refractivity contribution in [3.05, 3.63) is 64.2 Å². The lowest BCUT2D eigenvalue weighted by molar-refractivity contribution is 0.0693. The van der Waals surface area contributed by atoms with Gasteiger partial charge in [-0.25, -0.2) is 0 Å². The van der Waals surface area contributed by atoms with E-state index in [0.717, 1.165) is 16.2 Å². The second kappa shape index (κ2) is 5.22. The van der Waals surface area contributed by atoms with Gasteiger partial charge in [-0.2, -0.15) is 0 Å². The third-order valence-corrected chi connectivity index (χ3v) is 3.90. The van der Waals surface area contributed by atoms with Crippen molar-refractivity contribution in [3.8, 4) is 0 Å². The van der Waals surface area contributed by atoms with E-state index in [0.29, 0.717) is 22.7 Å². The molecule has 1 heterocycles. The smallest absolute Gasteiger partial charge is 0.261 e. The predicted molar refractivity (Wildman–Crippen MR) is 81.6 cm³/mol. The van der Waals surface area contributed by atoms with E-state index in [4.69, 9.17) is 11.6 Å². The first-order chi connectivity index (χ1) is 10.1. The SMILES string of the molecule is CN1C(=O)c2ccc(NCc3ccccc3Cl)cc2C1=O. The highest BCUT2D eigenvalue weighted by atomic mass is 35.5. The van der Waals surface area contributed by atoms with Crippen LogP contribution in [0.3, 0.4) is 0 Å². The van der Waals surface area contributed by atoms with E-state index in [-0.39, 0.29) is 11.8 Å². The predicted octanol–water partition coefficient (Wildman–Crippen LogP) is 3.18. The zero-order valence-corrected chi connectivity index (χ0v) is 12.1. The van der Waals surface area contributed by atoms with Gasteiger partial charge in [-0.1, -0.05) is 29.8 Å². The van der Waals surface area contributed by atoms with Crippen LogP contribution in [0.1, 0.15) is 26.3 Å². The molecule has 2 aromatic rings. The summed E-state index contributed by atoms with van der Waals surface area (Å²) in [6.45, 7) is 0.552. The number of rotatable bonds is 3. The fourth-order valence-corrected chi connectivity index (χ4v) is 2.51. The van der Waals surface area contributed by atoms with Gasteiger partial charge in [0.05, 0.1) is 11.1 Å². The normalized spacial score (nSPS) is 13.5. The summed E-state index contributed by atoms with van der Waals surface area (Å²) in [6.07, 6.45) is 0. The minimum Gasteiger partial charge on any atom is -0.381 e. The molecule has 2 aromatic carbocycles. The van der Waals surface area contributed by atoms with Crippen molar-refractivity contribution in [2.45, 2.75) is 6.54 Å². The summed E-state index contributed by atoms with van der Waals surface area (Å²) >= 11 is 6.10. The summed E-state index contributed by atoms with van der Waals surface area (Å²) in [6, 6.07) is 12.7. The number of hydrogen-bond donors (Lipinski definition) is 1. The van der Waals surface area contributed by atoms with Gasteiger partial charge in [-0.3, -0.25) is 14.5 Å². The van der Waals surface area contributed by atoms with Crippen LogP contribution in [0, 0.1) is 0 Å². The highest BCUT2D eigenvalue weighted by Gasteiger charge is 2.32. The monoisotopic (exact) mass is 300 g/mol. The number of carbonyl (C=O) groups is 2. The largest absolute Gasteiger partial charge is 0.381 e. The van der Waals surface area contributed by atoms with Crippen molar-refractivity contribution >= 4 is 29.1 Å². The molecule has 0 fully saturated rings. The first-order valence-electron chi connectivity index (χ1n) is 6.51. The van der Waals surface area contributed by atoms with Crippen molar-refractivity contribution in [3.63, 3.8) is 0 Å². The molecule has 0 saturated heterocycles. The fraction of sp³-hybridized carbons (Fsp3) is 0.125. The van der Waals surface area contributed by atoms with Crippen molar-refractivity contribution in [1.29, 1.82) is 0 Å². The molecule has 5 heteroatoms. The highest BCUT2D eigenvalue weighted by molar-refractivity contribution is 6.31. The van der Waals surface area contributed by atoms with Crippen molar-refractivity contribution in [1.82, 2.24) is 4.90 Å². The molecule has 1 N–H and O–H groups in total. The third-order valence-electron chi connectivity index (χ3n) is 3.53. The number of nitrogens with zero attached hydrogens (tertiary/aromatic N) is 1. The van der Waals surface area contributed by atoms with Crippen molar-refractivity contribution in [2.24, 2.45) is 0 Å². The molecule has 21 heavy (non-hydrogen) atoms. The van der Waals surface area contributed by atoms with Crippen molar-refractivity contribution < 1.29 is 9.59 Å². The van der Waals surface area contributed by atoms with Crippen LogP contribution in [0.2, 0.25) is 5.02 Å². The Morgan fingerprint density at radius 1 is 1.05 bits per heavy atom. The van der Waals surface area contributed by atoms with Crippen LogP contribution < -0.4 is 5.32 Å². The third kappa shape index (κ3) is 2.38. The quantitative estimate of drug-likeness (QED) is 0.886. The first kappa shape index (κ1) is 13.6. The topological polar surface area (TPSA) is 49.4 Å². The van der Waals surface area contributed by atoms with Gasteiger partial charge < -0.3 is 5.32 Å². The van der Waals surface area contributed by atoms with Crippen LogP contribution in [-0.4, -0.2) is 23.8 Å². The lowest BCUT2D eigenvalue weighted by Gasteiger charge is -2.08. The Morgan fingerprint density at radius 2 is 1.76 bits per heavy atom. The fourth-order valence-electron chi connectivity index (χ4n) is 2.31. The minimum absolute atomic E-state index is 0.257. The van der Waals surface area contributed by atoms with E-state index in [9.17, 15) is 9.59 Å². The maximum absolute atomic E-state index is 11.9. The zero-order chi connectivity index (χ0) is 15.0. The Morgan fingerprint density at radius 3 is 2.52 bits per heavy atom. The van der Waals surface area contributed by atoms with Crippen LogP contribution in [0.4, 0.5) is 5.69 Å². The van der Waals surface area contributed by atoms with Gasteiger partial charge in [0, 0.05) is 24.3 Å². The number of nitrogens with one attached hydrogen (secondary N) is 1. The summed E-state index contributed by atoms with van der Waals surface area (Å²) < 4.78 is 0. The van der Waals surface area contributed by atoms with Crippen LogP contribution in [0.15, 0.2) is 42.5 Å². The molecule has 0 spiro atoms. The average Bonchev–Trinajstić information content (AvgIpc) is 2.71. The number of fused-ring (bicyclic) bond motifs is 1. The van der Waals surface area contributed by atoms with Crippen LogP contribution >= 0.6 is 11.6 Å². The molecular weight excluding hydrogens is 288 g/mol. The molecule has 0 unspecified atom stereocenters. The van der Waals surface area contributed by atoms with Crippen LogP contribution in [0.5, 0.6) is 0 Å². The first-order valence-corrected chi connectivity index (χ1v) is 6.89. The summed E-state index contributed by atoms with van der Waals surface area (Å²) in [4.78, 5) is 24.9. The number of carbonyl (C=O) groups excluding carboxylic acids is 2. The number of anilines is 1. The van der Waals surface area contributed by atoms with Gasteiger partial charge in [0.1, 0.15) is 0 Å². The zero-order valence-electron chi connectivity index (χ0n) is 11.4.